The van der Waals surface area contributed by atoms with Gasteiger partial charge in [-0.05, 0) is 17.7 Å². The summed E-state index contributed by atoms with van der Waals surface area (Å²) in [4.78, 5) is 22.1. The first-order valence-electron chi connectivity index (χ1n) is 4.91. The number of benzene rings is 1. The molecule has 6 heteroatoms. The van der Waals surface area contributed by atoms with Crippen LogP contribution in [0.25, 0.3) is 0 Å². The standard InChI is InChI=1S/C11H12Cl2N2O2/c1-6(16)15-10(11(14)17)5-7-8(12)3-2-4-9(7)13/h2-4,10H,5H2,1H3,(H2,14,17)(H,15,16)/t10-/m1/s1. The van der Waals surface area contributed by atoms with Gasteiger partial charge in [0, 0.05) is 23.4 Å². The fraction of sp³-hybridized carbons (Fsp3) is 0.273. The van der Waals surface area contributed by atoms with Crippen molar-refractivity contribution in [3.63, 3.8) is 0 Å². The van der Waals surface area contributed by atoms with Crippen molar-refractivity contribution in [2.45, 2.75) is 19.4 Å². The molecule has 4 nitrogen and oxygen atoms in total. The smallest absolute Gasteiger partial charge is 0.240 e. The average molecular weight is 275 g/mol. The SMILES string of the molecule is CC(=O)N[C@H](Cc1c(Cl)cccc1Cl)C(N)=O. The van der Waals surface area contributed by atoms with Crippen molar-refractivity contribution in [1.82, 2.24) is 5.32 Å². The molecule has 0 saturated carbocycles. The average Bonchev–Trinajstić information content (AvgIpc) is 2.21. The Balaban J connectivity index is 2.93. The monoisotopic (exact) mass is 274 g/mol. The Morgan fingerprint density at radius 2 is 1.88 bits per heavy atom. The highest BCUT2D eigenvalue weighted by Gasteiger charge is 2.19. The van der Waals surface area contributed by atoms with Gasteiger partial charge in [0.2, 0.25) is 11.8 Å². The molecule has 17 heavy (non-hydrogen) atoms. The van der Waals surface area contributed by atoms with Crippen LogP contribution >= 0.6 is 23.2 Å². The highest BCUT2D eigenvalue weighted by Crippen LogP contribution is 2.25. The highest BCUT2D eigenvalue weighted by molar-refractivity contribution is 6.36. The van der Waals surface area contributed by atoms with E-state index in [1.54, 1.807) is 18.2 Å². The molecule has 1 rings (SSSR count). The van der Waals surface area contributed by atoms with Crippen molar-refractivity contribution in [3.05, 3.63) is 33.8 Å². The van der Waals surface area contributed by atoms with Gasteiger partial charge in [0.1, 0.15) is 6.04 Å². The minimum absolute atomic E-state index is 0.174. The first-order valence-corrected chi connectivity index (χ1v) is 5.66. The number of nitrogens with one attached hydrogen (secondary N) is 1. The van der Waals surface area contributed by atoms with Crippen molar-refractivity contribution in [3.8, 4) is 0 Å². The van der Waals surface area contributed by atoms with E-state index in [9.17, 15) is 9.59 Å². The molecule has 2 amide bonds. The molecular formula is C11H12Cl2N2O2. The number of rotatable bonds is 4. The molecule has 0 radical (unpaired) electrons. The third-order valence-corrected chi connectivity index (χ3v) is 2.90. The summed E-state index contributed by atoms with van der Waals surface area (Å²) in [5.74, 6) is -0.965. The summed E-state index contributed by atoms with van der Waals surface area (Å²) in [5.41, 5.74) is 5.78. The maximum Gasteiger partial charge on any atom is 0.240 e. The van der Waals surface area contributed by atoms with Crippen molar-refractivity contribution in [2.24, 2.45) is 5.73 Å². The number of hydrogen-bond acceptors (Lipinski definition) is 2. The van der Waals surface area contributed by atoms with Gasteiger partial charge in [-0.15, -0.1) is 0 Å². The van der Waals surface area contributed by atoms with E-state index in [4.69, 9.17) is 28.9 Å². The van der Waals surface area contributed by atoms with Crippen LogP contribution in [0.5, 0.6) is 0 Å². The summed E-state index contributed by atoms with van der Waals surface area (Å²) >= 11 is 11.9. The zero-order chi connectivity index (χ0) is 13.0. The maximum atomic E-state index is 11.2. The Kier molecular flexibility index (Phi) is 4.78. The Morgan fingerprint density at radius 1 is 1.35 bits per heavy atom. The number of amides is 2. The minimum Gasteiger partial charge on any atom is -0.368 e. The van der Waals surface area contributed by atoms with Crippen LogP contribution < -0.4 is 11.1 Å². The lowest BCUT2D eigenvalue weighted by molar-refractivity contribution is -0.126. The zero-order valence-electron chi connectivity index (χ0n) is 9.17. The third kappa shape index (κ3) is 3.91. The summed E-state index contributed by atoms with van der Waals surface area (Å²) < 4.78 is 0. The molecule has 1 aromatic carbocycles. The van der Waals surface area contributed by atoms with Crippen LogP contribution in [0.15, 0.2) is 18.2 Å². The highest BCUT2D eigenvalue weighted by atomic mass is 35.5. The lowest BCUT2D eigenvalue weighted by Gasteiger charge is -2.15. The molecule has 0 aliphatic carbocycles. The van der Waals surface area contributed by atoms with Gasteiger partial charge in [-0.2, -0.15) is 0 Å². The van der Waals surface area contributed by atoms with E-state index in [2.05, 4.69) is 5.32 Å². The first kappa shape index (κ1) is 13.8. The van der Waals surface area contributed by atoms with Gasteiger partial charge in [-0.3, -0.25) is 9.59 Å². The molecule has 3 N–H and O–H groups in total. The first-order chi connectivity index (χ1) is 7.91. The van der Waals surface area contributed by atoms with Gasteiger partial charge in [-0.25, -0.2) is 0 Å². The molecule has 1 aromatic rings. The fourth-order valence-electron chi connectivity index (χ4n) is 1.40. The summed E-state index contributed by atoms with van der Waals surface area (Å²) in [6.07, 6.45) is 0.174. The van der Waals surface area contributed by atoms with Crippen LogP contribution in [0, 0.1) is 0 Å². The van der Waals surface area contributed by atoms with Crippen molar-refractivity contribution >= 4 is 35.0 Å². The second-order valence-corrected chi connectivity index (χ2v) is 4.37. The molecule has 0 spiro atoms. The van der Waals surface area contributed by atoms with Crippen LogP contribution in [0.1, 0.15) is 12.5 Å². The predicted octanol–water partition coefficient (Wildman–Crippen LogP) is 1.53. The number of halogens is 2. The largest absolute Gasteiger partial charge is 0.368 e. The van der Waals surface area contributed by atoms with Gasteiger partial charge < -0.3 is 11.1 Å². The van der Waals surface area contributed by atoms with Crippen molar-refractivity contribution < 1.29 is 9.59 Å². The van der Waals surface area contributed by atoms with Crippen LogP contribution in [-0.2, 0) is 16.0 Å². The summed E-state index contributed by atoms with van der Waals surface area (Å²) in [5, 5.41) is 3.33. The van der Waals surface area contributed by atoms with E-state index in [0.29, 0.717) is 15.6 Å². The van der Waals surface area contributed by atoms with Gasteiger partial charge >= 0.3 is 0 Å². The minimum atomic E-state index is -0.815. The molecule has 0 unspecified atom stereocenters. The molecule has 92 valence electrons. The second-order valence-electron chi connectivity index (χ2n) is 3.56. The molecule has 0 aliphatic rings. The summed E-state index contributed by atoms with van der Waals surface area (Å²) in [7, 11) is 0. The number of nitrogens with two attached hydrogens (primary N) is 1. The Hall–Kier alpha value is -1.26. The van der Waals surface area contributed by atoms with Gasteiger partial charge in [0.05, 0.1) is 0 Å². The summed E-state index contributed by atoms with van der Waals surface area (Å²) in [6, 6.07) is 4.21. The topological polar surface area (TPSA) is 72.2 Å². The van der Waals surface area contributed by atoms with Crippen LogP contribution in [0.2, 0.25) is 10.0 Å². The van der Waals surface area contributed by atoms with Crippen molar-refractivity contribution in [2.75, 3.05) is 0 Å². The Labute approximate surface area is 109 Å². The van der Waals surface area contributed by atoms with E-state index < -0.39 is 11.9 Å². The number of carbonyl (C=O) groups excluding carboxylic acids is 2. The second kappa shape index (κ2) is 5.89. The molecular weight excluding hydrogens is 263 g/mol. The van der Waals surface area contributed by atoms with Gasteiger partial charge in [-0.1, -0.05) is 29.3 Å². The van der Waals surface area contributed by atoms with E-state index in [0.717, 1.165) is 0 Å². The summed E-state index contributed by atoms with van der Waals surface area (Å²) in [6.45, 7) is 1.31. The molecule has 0 aromatic heterocycles. The van der Waals surface area contributed by atoms with E-state index in [1.807, 2.05) is 0 Å². The quantitative estimate of drug-likeness (QED) is 0.874. The fourth-order valence-corrected chi connectivity index (χ4v) is 1.95. The van der Waals surface area contributed by atoms with Crippen LogP contribution in [-0.4, -0.2) is 17.9 Å². The molecule has 0 aliphatic heterocycles. The lowest BCUT2D eigenvalue weighted by atomic mass is 10.1. The molecule has 0 heterocycles. The van der Waals surface area contributed by atoms with Crippen LogP contribution in [0.4, 0.5) is 0 Å². The molecule has 0 fully saturated rings. The Morgan fingerprint density at radius 3 is 2.29 bits per heavy atom. The lowest BCUT2D eigenvalue weighted by Crippen LogP contribution is -2.45. The van der Waals surface area contributed by atoms with Gasteiger partial charge in [0.15, 0.2) is 0 Å². The number of carbonyl (C=O) groups is 2. The maximum absolute atomic E-state index is 11.2. The number of primary amides is 1. The van der Waals surface area contributed by atoms with E-state index in [-0.39, 0.29) is 12.3 Å². The number of hydrogen-bond donors (Lipinski definition) is 2. The van der Waals surface area contributed by atoms with E-state index in [1.165, 1.54) is 6.92 Å². The van der Waals surface area contributed by atoms with Crippen LogP contribution in [0.3, 0.4) is 0 Å². The van der Waals surface area contributed by atoms with Crippen molar-refractivity contribution in [1.29, 1.82) is 0 Å². The van der Waals surface area contributed by atoms with Gasteiger partial charge in [0.25, 0.3) is 0 Å². The normalized spacial score (nSPS) is 11.9. The Bertz CT molecular complexity index is 429. The third-order valence-electron chi connectivity index (χ3n) is 2.19. The molecule has 1 atom stereocenters. The molecule has 0 saturated heterocycles. The molecule has 0 bridgehead atoms. The van der Waals surface area contributed by atoms with E-state index >= 15 is 0 Å². The predicted molar refractivity (Wildman–Crippen MR) is 67.0 cm³/mol. The zero-order valence-corrected chi connectivity index (χ0v) is 10.7.